The van der Waals surface area contributed by atoms with Crippen molar-refractivity contribution >= 4 is 17.5 Å². The first-order chi connectivity index (χ1) is 8.29. The van der Waals surface area contributed by atoms with E-state index in [2.05, 4.69) is 15.6 Å². The lowest BCUT2D eigenvalue weighted by Gasteiger charge is -2.04. The number of halogens is 1. The van der Waals surface area contributed by atoms with Crippen LogP contribution in [0.3, 0.4) is 0 Å². The fraction of sp³-hybridized carbons (Fsp3) is 0.182. The minimum Gasteiger partial charge on any atom is -0.351 e. The predicted molar refractivity (Wildman–Crippen MR) is 63.9 cm³/mol. The molecule has 0 saturated carbocycles. The second-order valence-electron chi connectivity index (χ2n) is 3.42. The van der Waals surface area contributed by atoms with Crippen molar-refractivity contribution in [3.8, 4) is 5.69 Å². The molecule has 0 atom stereocenters. The molecule has 1 aromatic heterocycles. The molecule has 0 saturated heterocycles. The van der Waals surface area contributed by atoms with Gasteiger partial charge in [-0.05, 0) is 17.7 Å². The van der Waals surface area contributed by atoms with Crippen LogP contribution in [0.25, 0.3) is 5.69 Å². The van der Waals surface area contributed by atoms with Crippen molar-refractivity contribution in [2.24, 2.45) is 0 Å². The lowest BCUT2D eigenvalue weighted by molar-refractivity contribution is -0.118. The highest BCUT2D eigenvalue weighted by molar-refractivity contribution is 6.27. The van der Waals surface area contributed by atoms with Gasteiger partial charge in [0, 0.05) is 6.54 Å². The van der Waals surface area contributed by atoms with Gasteiger partial charge in [-0.1, -0.05) is 17.3 Å². The summed E-state index contributed by atoms with van der Waals surface area (Å²) in [5.41, 5.74) is 1.93. The number of hydrogen-bond acceptors (Lipinski definition) is 3. The first-order valence-corrected chi connectivity index (χ1v) is 5.61. The van der Waals surface area contributed by atoms with Crippen LogP contribution in [0.2, 0.25) is 0 Å². The Labute approximate surface area is 103 Å². The number of rotatable bonds is 4. The number of aromatic nitrogens is 3. The van der Waals surface area contributed by atoms with E-state index in [1.165, 1.54) is 0 Å². The van der Waals surface area contributed by atoms with Gasteiger partial charge < -0.3 is 5.32 Å². The molecule has 0 spiro atoms. The fourth-order valence-corrected chi connectivity index (χ4v) is 1.45. The summed E-state index contributed by atoms with van der Waals surface area (Å²) in [4.78, 5) is 11.0. The van der Waals surface area contributed by atoms with Gasteiger partial charge in [0.1, 0.15) is 5.88 Å². The van der Waals surface area contributed by atoms with E-state index in [1.807, 2.05) is 24.3 Å². The molecular weight excluding hydrogens is 240 g/mol. The zero-order valence-electron chi connectivity index (χ0n) is 9.01. The van der Waals surface area contributed by atoms with Crippen molar-refractivity contribution in [2.45, 2.75) is 6.54 Å². The van der Waals surface area contributed by atoms with Crippen LogP contribution in [-0.4, -0.2) is 26.8 Å². The van der Waals surface area contributed by atoms with Crippen LogP contribution < -0.4 is 5.32 Å². The summed E-state index contributed by atoms with van der Waals surface area (Å²) >= 11 is 5.38. The Balaban J connectivity index is 2.01. The quantitative estimate of drug-likeness (QED) is 0.828. The molecule has 2 rings (SSSR count). The maximum absolute atomic E-state index is 11.0. The van der Waals surface area contributed by atoms with E-state index >= 15 is 0 Å². The van der Waals surface area contributed by atoms with Crippen molar-refractivity contribution in [2.75, 3.05) is 5.88 Å². The van der Waals surface area contributed by atoms with E-state index in [1.54, 1.807) is 17.1 Å². The van der Waals surface area contributed by atoms with Crippen molar-refractivity contribution in [3.05, 3.63) is 42.2 Å². The Morgan fingerprint density at radius 2 is 2.12 bits per heavy atom. The van der Waals surface area contributed by atoms with E-state index in [-0.39, 0.29) is 11.8 Å². The SMILES string of the molecule is O=C(CCl)NCc1ccc(-n2ccnn2)cc1. The Kier molecular flexibility index (Phi) is 3.72. The second kappa shape index (κ2) is 5.45. The number of carbonyl (C=O) groups excluding carboxylic acids is 1. The molecule has 0 aliphatic heterocycles. The van der Waals surface area contributed by atoms with E-state index in [0.717, 1.165) is 11.3 Å². The van der Waals surface area contributed by atoms with Gasteiger partial charge in [0.2, 0.25) is 5.91 Å². The van der Waals surface area contributed by atoms with Crippen molar-refractivity contribution < 1.29 is 4.79 Å². The van der Waals surface area contributed by atoms with E-state index < -0.39 is 0 Å². The molecule has 1 amide bonds. The van der Waals surface area contributed by atoms with Gasteiger partial charge in [-0.2, -0.15) is 0 Å². The summed E-state index contributed by atoms with van der Waals surface area (Å²) in [6.45, 7) is 0.475. The minimum atomic E-state index is -0.174. The van der Waals surface area contributed by atoms with Gasteiger partial charge in [0.05, 0.1) is 18.1 Å². The van der Waals surface area contributed by atoms with Crippen LogP contribution in [0.1, 0.15) is 5.56 Å². The van der Waals surface area contributed by atoms with Crippen molar-refractivity contribution in [1.29, 1.82) is 0 Å². The third-order valence-corrected chi connectivity index (χ3v) is 2.48. The third-order valence-electron chi connectivity index (χ3n) is 2.23. The molecule has 0 unspecified atom stereocenters. The highest BCUT2D eigenvalue weighted by Crippen LogP contribution is 2.07. The zero-order chi connectivity index (χ0) is 12.1. The van der Waals surface area contributed by atoms with E-state index in [0.29, 0.717) is 6.54 Å². The monoisotopic (exact) mass is 250 g/mol. The molecule has 5 nitrogen and oxygen atoms in total. The maximum atomic E-state index is 11.0. The first kappa shape index (κ1) is 11.6. The number of nitrogens with zero attached hydrogens (tertiary/aromatic N) is 3. The highest BCUT2D eigenvalue weighted by Gasteiger charge is 2.00. The van der Waals surface area contributed by atoms with Crippen LogP contribution >= 0.6 is 11.6 Å². The van der Waals surface area contributed by atoms with Gasteiger partial charge in [-0.3, -0.25) is 4.79 Å². The molecule has 88 valence electrons. The molecule has 17 heavy (non-hydrogen) atoms. The maximum Gasteiger partial charge on any atom is 0.235 e. The number of hydrogen-bond donors (Lipinski definition) is 1. The van der Waals surface area contributed by atoms with Gasteiger partial charge in [0.25, 0.3) is 0 Å². The molecular formula is C11H11ClN4O. The summed E-state index contributed by atoms with van der Waals surface area (Å²) < 4.78 is 1.67. The number of alkyl halides is 1. The first-order valence-electron chi connectivity index (χ1n) is 5.08. The molecule has 0 aliphatic rings. The third kappa shape index (κ3) is 3.04. The standard InChI is InChI=1S/C11H11ClN4O/c12-7-11(17)13-8-9-1-3-10(4-2-9)16-6-5-14-15-16/h1-6H,7-8H2,(H,13,17). The van der Waals surface area contributed by atoms with E-state index in [4.69, 9.17) is 11.6 Å². The lowest BCUT2D eigenvalue weighted by Crippen LogP contribution is -2.23. The molecule has 0 aliphatic carbocycles. The number of nitrogens with one attached hydrogen (secondary N) is 1. The van der Waals surface area contributed by atoms with Crippen LogP contribution in [0.5, 0.6) is 0 Å². The van der Waals surface area contributed by atoms with Crippen LogP contribution in [0, 0.1) is 0 Å². The second-order valence-corrected chi connectivity index (χ2v) is 3.69. The smallest absolute Gasteiger partial charge is 0.235 e. The zero-order valence-corrected chi connectivity index (χ0v) is 9.76. The van der Waals surface area contributed by atoms with Gasteiger partial charge in [0.15, 0.2) is 0 Å². The highest BCUT2D eigenvalue weighted by atomic mass is 35.5. The Morgan fingerprint density at radius 3 is 2.71 bits per heavy atom. The molecule has 1 heterocycles. The number of benzene rings is 1. The fourth-order valence-electron chi connectivity index (χ4n) is 1.36. The topological polar surface area (TPSA) is 59.8 Å². The molecule has 1 N–H and O–H groups in total. The molecule has 0 bridgehead atoms. The summed E-state index contributed by atoms with van der Waals surface area (Å²) in [7, 11) is 0. The molecule has 0 fully saturated rings. The average molecular weight is 251 g/mol. The van der Waals surface area contributed by atoms with Crippen LogP contribution in [0.4, 0.5) is 0 Å². The number of amides is 1. The van der Waals surface area contributed by atoms with Crippen LogP contribution in [0.15, 0.2) is 36.7 Å². The normalized spacial score (nSPS) is 10.2. The van der Waals surface area contributed by atoms with Crippen LogP contribution in [-0.2, 0) is 11.3 Å². The molecule has 1 aromatic carbocycles. The summed E-state index contributed by atoms with van der Waals surface area (Å²) in [6, 6.07) is 7.67. The van der Waals surface area contributed by atoms with E-state index in [9.17, 15) is 4.79 Å². The summed E-state index contributed by atoms with van der Waals surface area (Å²) in [5.74, 6) is -0.191. The lowest BCUT2D eigenvalue weighted by atomic mass is 10.2. The van der Waals surface area contributed by atoms with Crippen molar-refractivity contribution in [1.82, 2.24) is 20.3 Å². The average Bonchev–Trinajstić information content (AvgIpc) is 2.90. The Morgan fingerprint density at radius 1 is 1.35 bits per heavy atom. The Bertz CT molecular complexity index is 481. The summed E-state index contributed by atoms with van der Waals surface area (Å²) in [5, 5.41) is 10.3. The Hall–Kier alpha value is -1.88. The molecule has 6 heteroatoms. The largest absolute Gasteiger partial charge is 0.351 e. The van der Waals surface area contributed by atoms with Gasteiger partial charge in [-0.25, -0.2) is 4.68 Å². The minimum absolute atomic E-state index is 0.0168. The van der Waals surface area contributed by atoms with Gasteiger partial charge in [-0.15, -0.1) is 16.7 Å². The molecule has 0 radical (unpaired) electrons. The summed E-state index contributed by atoms with van der Waals surface area (Å²) in [6.07, 6.45) is 3.39. The predicted octanol–water partition coefficient (Wildman–Crippen LogP) is 1.12. The number of carbonyl (C=O) groups is 1. The van der Waals surface area contributed by atoms with Crippen molar-refractivity contribution in [3.63, 3.8) is 0 Å². The molecule has 2 aromatic rings. The van der Waals surface area contributed by atoms with Gasteiger partial charge >= 0.3 is 0 Å².